The first-order valence-electron chi connectivity index (χ1n) is 13.4. The second-order valence-electron chi connectivity index (χ2n) is 9.32. The molecule has 2 aromatic carbocycles. The van der Waals surface area contributed by atoms with E-state index in [0.29, 0.717) is 0 Å². The first-order valence-corrected chi connectivity index (χ1v) is 13.4. The monoisotopic (exact) mass is 883 g/mol. The molecule has 0 fully saturated rings. The molecule has 5 rings (SSSR count). The number of anilines is 4. The minimum Gasteiger partial charge on any atom is -1.00 e. The van der Waals surface area contributed by atoms with E-state index < -0.39 is 0 Å². The SMILES string of the molecule is CC[n+]1ccc(Nc2ccc(C=Cc3ccc4cc(Nc5cc[n+](CC)cc5)ccc4[n+]3CC)cc2)cc1.[I-].[I-].[I-]. The molecule has 8 heteroatoms. The molecule has 0 aliphatic heterocycles. The fourth-order valence-electron chi connectivity index (χ4n) is 4.61. The maximum atomic E-state index is 3.53. The smallest absolute Gasteiger partial charge is 0.213 e. The van der Waals surface area contributed by atoms with Crippen molar-refractivity contribution in [2.75, 3.05) is 10.6 Å². The molecule has 0 bridgehead atoms. The Morgan fingerprint density at radius 1 is 0.537 bits per heavy atom. The third-order valence-electron chi connectivity index (χ3n) is 6.83. The van der Waals surface area contributed by atoms with E-state index in [0.717, 1.165) is 42.4 Å². The summed E-state index contributed by atoms with van der Waals surface area (Å²) in [5.41, 5.74) is 7.92. The molecule has 5 nitrogen and oxygen atoms in total. The fourth-order valence-corrected chi connectivity index (χ4v) is 4.61. The van der Waals surface area contributed by atoms with Crippen molar-refractivity contribution in [2.24, 2.45) is 0 Å². The van der Waals surface area contributed by atoms with E-state index in [2.05, 4.69) is 161 Å². The molecule has 3 aromatic heterocycles. The van der Waals surface area contributed by atoms with Gasteiger partial charge in [-0.3, -0.25) is 0 Å². The maximum absolute atomic E-state index is 3.53. The van der Waals surface area contributed by atoms with Crippen LogP contribution in [0.5, 0.6) is 0 Å². The van der Waals surface area contributed by atoms with Crippen LogP contribution in [0.4, 0.5) is 22.7 Å². The molecular weight excluding hydrogens is 847 g/mol. The van der Waals surface area contributed by atoms with Crippen molar-refractivity contribution in [3.63, 3.8) is 0 Å². The highest BCUT2D eigenvalue weighted by Crippen LogP contribution is 2.22. The summed E-state index contributed by atoms with van der Waals surface area (Å²) in [6.07, 6.45) is 12.8. The highest BCUT2D eigenvalue weighted by Gasteiger charge is 2.13. The topological polar surface area (TPSA) is 35.7 Å². The minimum absolute atomic E-state index is 0. The highest BCUT2D eigenvalue weighted by molar-refractivity contribution is 5.82. The molecule has 214 valence electrons. The summed E-state index contributed by atoms with van der Waals surface area (Å²) in [6, 6.07) is 27.9. The van der Waals surface area contributed by atoms with Crippen LogP contribution in [0.25, 0.3) is 23.1 Å². The zero-order valence-electron chi connectivity index (χ0n) is 23.6. The average molecular weight is 883 g/mol. The molecule has 5 aromatic rings. The van der Waals surface area contributed by atoms with E-state index in [1.54, 1.807) is 0 Å². The number of nitrogens with zero attached hydrogens (tertiary/aromatic N) is 3. The number of aromatic nitrogens is 3. The van der Waals surface area contributed by atoms with Crippen LogP contribution in [-0.2, 0) is 19.6 Å². The van der Waals surface area contributed by atoms with Crippen molar-refractivity contribution >= 4 is 45.8 Å². The van der Waals surface area contributed by atoms with E-state index in [4.69, 9.17) is 0 Å². The second kappa shape index (κ2) is 17.0. The Bertz CT molecular complexity index is 1550. The number of halogens is 3. The van der Waals surface area contributed by atoms with Crippen LogP contribution in [0, 0.1) is 0 Å². The van der Waals surface area contributed by atoms with Gasteiger partial charge in [0.1, 0.15) is 19.6 Å². The van der Waals surface area contributed by atoms with Gasteiger partial charge in [-0.15, -0.1) is 0 Å². The van der Waals surface area contributed by atoms with Gasteiger partial charge < -0.3 is 82.6 Å². The maximum Gasteiger partial charge on any atom is 0.213 e. The zero-order chi connectivity index (χ0) is 26.3. The van der Waals surface area contributed by atoms with Crippen LogP contribution < -0.4 is 96.3 Å². The Morgan fingerprint density at radius 3 is 1.59 bits per heavy atom. The quantitative estimate of drug-likeness (QED) is 0.127. The molecule has 0 spiro atoms. The second-order valence-corrected chi connectivity index (χ2v) is 9.32. The van der Waals surface area contributed by atoms with Crippen LogP contribution in [0.3, 0.4) is 0 Å². The predicted molar refractivity (Wildman–Crippen MR) is 156 cm³/mol. The third-order valence-corrected chi connectivity index (χ3v) is 6.83. The largest absolute Gasteiger partial charge is 1.00 e. The molecule has 0 radical (unpaired) electrons. The van der Waals surface area contributed by atoms with Crippen molar-refractivity contribution in [3.05, 3.63) is 115 Å². The van der Waals surface area contributed by atoms with E-state index in [-0.39, 0.29) is 71.9 Å². The number of hydrogen-bond acceptors (Lipinski definition) is 2. The number of nitrogens with one attached hydrogen (secondary N) is 2. The molecule has 2 N–H and O–H groups in total. The molecule has 0 saturated heterocycles. The van der Waals surface area contributed by atoms with Crippen molar-refractivity contribution in [2.45, 2.75) is 40.4 Å². The van der Waals surface area contributed by atoms with Gasteiger partial charge in [0.05, 0.1) is 11.4 Å². The van der Waals surface area contributed by atoms with E-state index in [9.17, 15) is 0 Å². The van der Waals surface area contributed by atoms with Crippen LogP contribution in [0.15, 0.2) is 104 Å². The molecule has 0 aliphatic carbocycles. The zero-order valence-corrected chi connectivity index (χ0v) is 30.0. The Labute approximate surface area is 294 Å². The number of pyridine rings is 3. The third kappa shape index (κ3) is 9.08. The number of benzene rings is 2. The van der Waals surface area contributed by atoms with Crippen LogP contribution in [-0.4, -0.2) is 0 Å². The first-order chi connectivity index (χ1) is 18.6. The summed E-state index contributed by atoms with van der Waals surface area (Å²) in [5.74, 6) is 0. The Balaban J connectivity index is 0.00000196. The molecular formula is C33H36I3N5. The van der Waals surface area contributed by atoms with Gasteiger partial charge in [-0.2, -0.15) is 4.57 Å². The molecule has 3 heterocycles. The Hall–Kier alpha value is -2.32. The van der Waals surface area contributed by atoms with Gasteiger partial charge in [0, 0.05) is 59.2 Å². The number of aryl methyl sites for hydroxylation is 3. The summed E-state index contributed by atoms with van der Waals surface area (Å²) in [5, 5.41) is 8.22. The average Bonchev–Trinajstić information content (AvgIpc) is 2.97. The lowest BCUT2D eigenvalue weighted by atomic mass is 10.1. The minimum atomic E-state index is 0. The molecule has 0 aliphatic rings. The van der Waals surface area contributed by atoms with Gasteiger partial charge in [-0.05, 0) is 62.7 Å². The summed E-state index contributed by atoms with van der Waals surface area (Å²) >= 11 is 0. The van der Waals surface area contributed by atoms with Gasteiger partial charge in [-0.25, -0.2) is 9.13 Å². The summed E-state index contributed by atoms with van der Waals surface area (Å²) in [6.45, 7) is 9.33. The Morgan fingerprint density at radius 2 is 1.05 bits per heavy atom. The van der Waals surface area contributed by atoms with Crippen LogP contribution in [0.1, 0.15) is 32.0 Å². The molecule has 0 unspecified atom stereocenters. The van der Waals surface area contributed by atoms with Crippen molar-refractivity contribution in [1.29, 1.82) is 0 Å². The van der Waals surface area contributed by atoms with Crippen LogP contribution in [0.2, 0.25) is 0 Å². The lowest BCUT2D eigenvalue weighted by Gasteiger charge is -2.08. The van der Waals surface area contributed by atoms with E-state index >= 15 is 0 Å². The molecule has 41 heavy (non-hydrogen) atoms. The number of rotatable bonds is 9. The van der Waals surface area contributed by atoms with Gasteiger partial charge in [0.15, 0.2) is 24.8 Å². The Kier molecular flexibility index (Phi) is 14.4. The van der Waals surface area contributed by atoms with Gasteiger partial charge >= 0.3 is 0 Å². The summed E-state index contributed by atoms with van der Waals surface area (Å²) in [4.78, 5) is 0. The lowest BCUT2D eigenvalue weighted by molar-refractivity contribution is -0.693. The van der Waals surface area contributed by atoms with Crippen molar-refractivity contribution in [3.8, 4) is 0 Å². The van der Waals surface area contributed by atoms with Gasteiger partial charge in [0.2, 0.25) is 11.2 Å². The summed E-state index contributed by atoms with van der Waals surface area (Å²) < 4.78 is 6.66. The van der Waals surface area contributed by atoms with Gasteiger partial charge in [0.25, 0.3) is 0 Å². The van der Waals surface area contributed by atoms with Gasteiger partial charge in [-0.1, -0.05) is 12.1 Å². The molecule has 0 saturated carbocycles. The van der Waals surface area contributed by atoms with E-state index in [1.165, 1.54) is 22.2 Å². The molecule has 0 atom stereocenters. The lowest BCUT2D eigenvalue weighted by Crippen LogP contribution is -3.00. The highest BCUT2D eigenvalue weighted by atomic mass is 127. The number of fused-ring (bicyclic) bond motifs is 1. The number of hydrogen-bond donors (Lipinski definition) is 2. The van der Waals surface area contributed by atoms with Crippen molar-refractivity contribution in [1.82, 2.24) is 0 Å². The first kappa shape index (κ1) is 34.9. The summed E-state index contributed by atoms with van der Waals surface area (Å²) in [7, 11) is 0. The standard InChI is InChI=1S/C33H34N5.3HI/c1-4-36-21-17-29(18-22-36)34-28-11-7-26(8-12-28)9-14-32-15-10-27-25-31(13-16-33(27)38(32)6-3)35-30-19-23-37(5-2)24-20-30;;;/h7-25H,4-6H2,1-3H3;3*1H/q+1;;;/p-1. The normalized spacial score (nSPS) is 10.4. The fraction of sp³-hybridized carbons (Fsp3) is 0.182. The molecule has 0 amide bonds. The predicted octanol–water partition coefficient (Wildman–Crippen LogP) is -2.57. The van der Waals surface area contributed by atoms with Crippen LogP contribution >= 0.6 is 0 Å². The van der Waals surface area contributed by atoms with Crippen molar-refractivity contribution < 1.29 is 85.6 Å². The van der Waals surface area contributed by atoms with E-state index in [1.807, 2.05) is 0 Å².